The number of halogens is 1. The lowest BCUT2D eigenvalue weighted by Gasteiger charge is -2.06. The molecule has 19 heavy (non-hydrogen) atoms. The van der Waals surface area contributed by atoms with Crippen molar-refractivity contribution in [3.63, 3.8) is 0 Å². The van der Waals surface area contributed by atoms with Crippen molar-refractivity contribution < 1.29 is 0 Å². The molecule has 4 heteroatoms. The van der Waals surface area contributed by atoms with Crippen LogP contribution in [0.2, 0.25) is 5.15 Å². The molecule has 3 nitrogen and oxygen atoms in total. The normalized spacial score (nSPS) is 10.8. The first-order valence-electron chi connectivity index (χ1n) is 6.15. The van der Waals surface area contributed by atoms with Crippen LogP contribution in [0.3, 0.4) is 0 Å². The van der Waals surface area contributed by atoms with Gasteiger partial charge < -0.3 is 0 Å². The number of rotatable bonds is 2. The van der Waals surface area contributed by atoms with Crippen LogP contribution < -0.4 is 0 Å². The molecule has 94 valence electrons. The smallest absolute Gasteiger partial charge is 0.161 e. The van der Waals surface area contributed by atoms with Crippen LogP contribution in [0.25, 0.3) is 22.3 Å². The van der Waals surface area contributed by atoms with E-state index in [0.717, 1.165) is 28.6 Å². The maximum Gasteiger partial charge on any atom is 0.161 e. The number of para-hydroxylation sites is 1. The Morgan fingerprint density at radius 1 is 1.11 bits per heavy atom. The largest absolute Gasteiger partial charge is 0.256 e. The van der Waals surface area contributed by atoms with E-state index in [2.05, 4.69) is 15.0 Å². The Bertz CT molecular complexity index is 735. The van der Waals surface area contributed by atoms with Crippen molar-refractivity contribution in [1.82, 2.24) is 15.0 Å². The van der Waals surface area contributed by atoms with Crippen LogP contribution in [0.15, 0.2) is 42.6 Å². The Morgan fingerprint density at radius 2 is 1.95 bits per heavy atom. The van der Waals surface area contributed by atoms with Crippen LogP contribution in [-0.2, 0) is 6.42 Å². The van der Waals surface area contributed by atoms with Gasteiger partial charge in [0.1, 0.15) is 5.15 Å². The van der Waals surface area contributed by atoms with Crippen molar-refractivity contribution >= 4 is 22.5 Å². The molecule has 0 fully saturated rings. The molecule has 0 unspecified atom stereocenters. The minimum atomic E-state index is 0.475. The Balaban J connectivity index is 2.27. The monoisotopic (exact) mass is 269 g/mol. The van der Waals surface area contributed by atoms with Crippen molar-refractivity contribution in [1.29, 1.82) is 0 Å². The molecule has 0 saturated heterocycles. The van der Waals surface area contributed by atoms with Crippen molar-refractivity contribution in [2.75, 3.05) is 0 Å². The van der Waals surface area contributed by atoms with Gasteiger partial charge in [-0.05, 0) is 24.6 Å². The summed E-state index contributed by atoms with van der Waals surface area (Å²) in [5.74, 6) is 0.656. The van der Waals surface area contributed by atoms with Gasteiger partial charge in [0.2, 0.25) is 0 Å². The quantitative estimate of drug-likeness (QED) is 0.662. The summed E-state index contributed by atoms with van der Waals surface area (Å²) in [5, 5.41) is 1.51. The van der Waals surface area contributed by atoms with Gasteiger partial charge in [-0.15, -0.1) is 0 Å². The van der Waals surface area contributed by atoms with E-state index in [-0.39, 0.29) is 0 Å². The maximum atomic E-state index is 6.06. The lowest BCUT2D eigenvalue weighted by molar-refractivity contribution is 1.01. The van der Waals surface area contributed by atoms with Crippen molar-refractivity contribution in [3.05, 3.63) is 53.4 Å². The highest BCUT2D eigenvalue weighted by molar-refractivity contribution is 6.29. The number of aromatic nitrogens is 3. The molecular formula is C15H12ClN3. The van der Waals surface area contributed by atoms with Gasteiger partial charge in [-0.3, -0.25) is 4.98 Å². The first kappa shape index (κ1) is 12.1. The zero-order valence-electron chi connectivity index (χ0n) is 10.5. The van der Waals surface area contributed by atoms with E-state index >= 15 is 0 Å². The topological polar surface area (TPSA) is 38.7 Å². The first-order chi connectivity index (χ1) is 9.28. The lowest BCUT2D eigenvalue weighted by atomic mass is 10.1. The van der Waals surface area contributed by atoms with E-state index < -0.39 is 0 Å². The third kappa shape index (κ3) is 2.29. The third-order valence-corrected chi connectivity index (χ3v) is 3.19. The molecule has 0 amide bonds. The first-order valence-corrected chi connectivity index (χ1v) is 6.53. The van der Waals surface area contributed by atoms with E-state index in [1.165, 1.54) is 0 Å². The number of pyridine rings is 1. The SMILES string of the molecule is CCc1cc(Cl)nc(-c2ccnc3ccccc23)n1. The number of fused-ring (bicyclic) bond motifs is 1. The highest BCUT2D eigenvalue weighted by Gasteiger charge is 2.09. The van der Waals surface area contributed by atoms with Gasteiger partial charge in [0.25, 0.3) is 0 Å². The van der Waals surface area contributed by atoms with E-state index in [0.29, 0.717) is 11.0 Å². The molecule has 0 spiro atoms. The number of aryl methyl sites for hydroxylation is 1. The van der Waals surface area contributed by atoms with Crippen molar-refractivity contribution in [2.24, 2.45) is 0 Å². The second-order valence-electron chi connectivity index (χ2n) is 4.23. The Kier molecular flexibility index (Phi) is 3.13. The number of hydrogen-bond acceptors (Lipinski definition) is 3. The zero-order chi connectivity index (χ0) is 13.2. The average molecular weight is 270 g/mol. The fourth-order valence-corrected chi connectivity index (χ4v) is 2.26. The number of benzene rings is 1. The number of hydrogen-bond donors (Lipinski definition) is 0. The summed E-state index contributed by atoms with van der Waals surface area (Å²) in [6.07, 6.45) is 2.60. The molecule has 0 aliphatic carbocycles. The second-order valence-corrected chi connectivity index (χ2v) is 4.62. The summed E-state index contributed by atoms with van der Waals surface area (Å²) in [4.78, 5) is 13.2. The molecule has 0 aliphatic rings. The highest BCUT2D eigenvalue weighted by atomic mass is 35.5. The minimum Gasteiger partial charge on any atom is -0.256 e. The van der Waals surface area contributed by atoms with Gasteiger partial charge in [-0.25, -0.2) is 9.97 Å². The molecule has 0 radical (unpaired) electrons. The van der Waals surface area contributed by atoms with Crippen LogP contribution >= 0.6 is 11.6 Å². The molecule has 0 atom stereocenters. The van der Waals surface area contributed by atoms with Crippen LogP contribution in [-0.4, -0.2) is 15.0 Å². The van der Waals surface area contributed by atoms with E-state index in [1.54, 1.807) is 12.3 Å². The highest BCUT2D eigenvalue weighted by Crippen LogP contribution is 2.25. The number of nitrogens with zero attached hydrogens (tertiary/aromatic N) is 3. The molecule has 0 aliphatic heterocycles. The fourth-order valence-electron chi connectivity index (χ4n) is 2.06. The summed E-state index contributed by atoms with van der Waals surface area (Å²) >= 11 is 6.06. The molecule has 0 bridgehead atoms. The standard InChI is InChI=1S/C15H12ClN3/c1-2-10-9-14(16)19-15(18-10)12-7-8-17-13-6-4-3-5-11(12)13/h3-9H,2H2,1H3. The van der Waals surface area contributed by atoms with Crippen LogP contribution in [0, 0.1) is 0 Å². The van der Waals surface area contributed by atoms with Gasteiger partial charge in [0, 0.05) is 22.8 Å². The van der Waals surface area contributed by atoms with E-state index in [4.69, 9.17) is 11.6 Å². The van der Waals surface area contributed by atoms with Crippen LogP contribution in [0.5, 0.6) is 0 Å². The van der Waals surface area contributed by atoms with Crippen LogP contribution in [0.1, 0.15) is 12.6 Å². The van der Waals surface area contributed by atoms with Gasteiger partial charge in [-0.2, -0.15) is 0 Å². The molecule has 0 N–H and O–H groups in total. The van der Waals surface area contributed by atoms with Gasteiger partial charge in [0.15, 0.2) is 5.82 Å². The molecule has 0 saturated carbocycles. The summed E-state index contributed by atoms with van der Waals surface area (Å²) in [7, 11) is 0. The molecular weight excluding hydrogens is 258 g/mol. The Morgan fingerprint density at radius 3 is 2.79 bits per heavy atom. The summed E-state index contributed by atoms with van der Waals surface area (Å²) < 4.78 is 0. The van der Waals surface area contributed by atoms with Gasteiger partial charge in [-0.1, -0.05) is 36.7 Å². The van der Waals surface area contributed by atoms with Gasteiger partial charge in [0.05, 0.1) is 5.52 Å². The van der Waals surface area contributed by atoms with Crippen molar-refractivity contribution in [3.8, 4) is 11.4 Å². The second kappa shape index (κ2) is 4.94. The molecule has 2 aromatic heterocycles. The maximum absolute atomic E-state index is 6.06. The average Bonchev–Trinajstić information content (AvgIpc) is 2.46. The third-order valence-electron chi connectivity index (χ3n) is 3.00. The molecule has 3 aromatic rings. The summed E-state index contributed by atoms with van der Waals surface area (Å²) in [6, 6.07) is 11.7. The molecule has 1 aromatic carbocycles. The summed E-state index contributed by atoms with van der Waals surface area (Å²) in [6.45, 7) is 2.05. The van der Waals surface area contributed by atoms with Crippen molar-refractivity contribution in [2.45, 2.75) is 13.3 Å². The van der Waals surface area contributed by atoms with Gasteiger partial charge >= 0.3 is 0 Å². The molecule has 3 rings (SSSR count). The predicted molar refractivity (Wildman–Crippen MR) is 77.2 cm³/mol. The Labute approximate surface area is 116 Å². The fraction of sp³-hybridized carbons (Fsp3) is 0.133. The van der Waals surface area contributed by atoms with E-state index in [1.807, 2.05) is 37.3 Å². The lowest BCUT2D eigenvalue weighted by Crippen LogP contribution is -1.96. The summed E-state index contributed by atoms with van der Waals surface area (Å²) in [5.41, 5.74) is 2.83. The zero-order valence-corrected chi connectivity index (χ0v) is 11.2. The van der Waals surface area contributed by atoms with E-state index in [9.17, 15) is 0 Å². The van der Waals surface area contributed by atoms with Crippen LogP contribution in [0.4, 0.5) is 0 Å². The minimum absolute atomic E-state index is 0.475. The predicted octanol–water partition coefficient (Wildman–Crippen LogP) is 3.91. The Hall–Kier alpha value is -2.00. The molecule has 2 heterocycles.